The first-order valence-electron chi connectivity index (χ1n) is 3.67. The van der Waals surface area contributed by atoms with Crippen LogP contribution in [0, 0.1) is 0 Å². The predicted octanol–water partition coefficient (Wildman–Crippen LogP) is 1.04. The molecule has 3 nitrogen and oxygen atoms in total. The largest absolute Gasteiger partial charge is 0.399 e. The van der Waals surface area contributed by atoms with E-state index < -0.39 is 0 Å². The average Bonchev–Trinajstić information content (AvgIpc) is 2.03. The number of anilines is 2. The Morgan fingerprint density at radius 1 is 1.42 bits per heavy atom. The maximum Gasteiger partial charge on any atom is 0.0429 e. The Bertz CT molecular complexity index is 305. The summed E-state index contributed by atoms with van der Waals surface area (Å²) in [5.41, 5.74) is 14.3. The van der Waals surface area contributed by atoms with Crippen LogP contribution in [0.2, 0.25) is 0 Å². The molecule has 1 rings (SSSR count). The van der Waals surface area contributed by atoms with Gasteiger partial charge in [-0.2, -0.15) is 0 Å². The summed E-state index contributed by atoms with van der Waals surface area (Å²) >= 11 is 0. The molecular weight excluding hydrogens is 150 g/mol. The first kappa shape index (κ1) is 8.46. The molecule has 0 aliphatic rings. The van der Waals surface area contributed by atoms with E-state index in [4.69, 9.17) is 11.5 Å². The van der Waals surface area contributed by atoms with Crippen molar-refractivity contribution < 1.29 is 0 Å². The molecule has 1 aromatic rings. The second kappa shape index (κ2) is 3.17. The van der Waals surface area contributed by atoms with Gasteiger partial charge < -0.3 is 16.8 Å². The van der Waals surface area contributed by atoms with Crippen LogP contribution < -0.4 is 16.8 Å². The quantitative estimate of drug-likeness (QED) is 0.571. The van der Waals surface area contributed by atoms with Crippen molar-refractivity contribution in [2.75, 3.05) is 18.5 Å². The van der Waals surface area contributed by atoms with E-state index in [0.29, 0.717) is 11.4 Å². The summed E-state index contributed by atoms with van der Waals surface area (Å²) in [6, 6.07) is 5.37. The molecule has 0 radical (unpaired) electrons. The Kier molecular flexibility index (Phi) is 2.24. The van der Waals surface area contributed by atoms with Gasteiger partial charge in [0.2, 0.25) is 0 Å². The first-order chi connectivity index (χ1) is 5.65. The number of hydrogen-bond acceptors (Lipinski definition) is 3. The summed E-state index contributed by atoms with van der Waals surface area (Å²) in [6.07, 6.45) is 0. The maximum atomic E-state index is 5.72. The van der Waals surface area contributed by atoms with E-state index >= 15 is 0 Å². The fourth-order valence-electron chi connectivity index (χ4n) is 0.991. The van der Waals surface area contributed by atoms with Crippen LogP contribution in [0.3, 0.4) is 0 Å². The van der Waals surface area contributed by atoms with E-state index in [1.165, 1.54) is 0 Å². The average molecular weight is 163 g/mol. The van der Waals surface area contributed by atoms with Gasteiger partial charge in [0.15, 0.2) is 0 Å². The summed E-state index contributed by atoms with van der Waals surface area (Å²) in [5.74, 6) is 0. The lowest BCUT2D eigenvalue weighted by molar-refractivity contribution is 1.13. The van der Waals surface area contributed by atoms with Gasteiger partial charge in [-0.15, -0.1) is 0 Å². The fraction of sp³-hybridized carbons (Fsp3) is 0.111. The highest BCUT2D eigenvalue weighted by atomic mass is 14.8. The molecule has 3 heteroatoms. The van der Waals surface area contributed by atoms with Crippen LogP contribution in [0.15, 0.2) is 24.8 Å². The van der Waals surface area contributed by atoms with Crippen molar-refractivity contribution >= 4 is 17.1 Å². The van der Waals surface area contributed by atoms with Gasteiger partial charge in [-0.1, -0.05) is 6.58 Å². The molecule has 0 saturated carbocycles. The van der Waals surface area contributed by atoms with Gasteiger partial charge in [-0.05, 0) is 18.2 Å². The van der Waals surface area contributed by atoms with E-state index in [9.17, 15) is 0 Å². The van der Waals surface area contributed by atoms with Gasteiger partial charge in [0.25, 0.3) is 0 Å². The van der Waals surface area contributed by atoms with Crippen molar-refractivity contribution in [3.63, 3.8) is 0 Å². The smallest absolute Gasteiger partial charge is 0.0429 e. The second-order valence-electron chi connectivity index (χ2n) is 2.58. The molecule has 0 spiro atoms. The summed E-state index contributed by atoms with van der Waals surface area (Å²) in [4.78, 5) is 0. The zero-order valence-electron chi connectivity index (χ0n) is 7.09. The molecule has 0 bridgehead atoms. The summed E-state index contributed by atoms with van der Waals surface area (Å²) < 4.78 is 0. The van der Waals surface area contributed by atoms with Crippen LogP contribution >= 0.6 is 0 Å². The van der Waals surface area contributed by atoms with Crippen LogP contribution in [0.25, 0.3) is 5.70 Å². The molecule has 0 aliphatic carbocycles. The van der Waals surface area contributed by atoms with Crippen LogP contribution in [0.5, 0.6) is 0 Å². The van der Waals surface area contributed by atoms with Gasteiger partial charge >= 0.3 is 0 Å². The number of benzene rings is 1. The minimum atomic E-state index is 0.648. The van der Waals surface area contributed by atoms with Crippen LogP contribution in [-0.4, -0.2) is 7.05 Å². The number of hydrogen-bond donors (Lipinski definition) is 3. The maximum absolute atomic E-state index is 5.72. The third kappa shape index (κ3) is 1.50. The van der Waals surface area contributed by atoms with Crippen molar-refractivity contribution in [2.45, 2.75) is 0 Å². The molecule has 0 unspecified atom stereocenters. The highest BCUT2D eigenvalue weighted by Crippen LogP contribution is 2.20. The molecule has 5 N–H and O–H groups in total. The Hall–Kier alpha value is -1.64. The second-order valence-corrected chi connectivity index (χ2v) is 2.58. The van der Waals surface area contributed by atoms with Gasteiger partial charge in [0.05, 0.1) is 0 Å². The lowest BCUT2D eigenvalue weighted by Gasteiger charge is -2.08. The lowest BCUT2D eigenvalue weighted by Crippen LogP contribution is -2.05. The van der Waals surface area contributed by atoms with Gasteiger partial charge in [-0.25, -0.2) is 0 Å². The van der Waals surface area contributed by atoms with Crippen LogP contribution in [-0.2, 0) is 0 Å². The fourth-order valence-corrected chi connectivity index (χ4v) is 0.991. The van der Waals surface area contributed by atoms with Crippen LogP contribution in [0.1, 0.15) is 5.56 Å². The Labute approximate surface area is 72.1 Å². The zero-order valence-corrected chi connectivity index (χ0v) is 7.09. The standard InChI is InChI=1S/C9H13N3/c1-6(12-2)8-4-3-7(10)5-9(8)11/h3-5,12H,1,10-11H2,2H3. The topological polar surface area (TPSA) is 64.1 Å². The normalized spacial score (nSPS) is 9.42. The molecule has 64 valence electrons. The third-order valence-electron chi connectivity index (χ3n) is 1.70. The SMILES string of the molecule is C=C(NC)c1ccc(N)cc1N. The highest BCUT2D eigenvalue weighted by molar-refractivity contribution is 5.74. The van der Waals surface area contributed by atoms with E-state index in [1.807, 2.05) is 6.07 Å². The third-order valence-corrected chi connectivity index (χ3v) is 1.70. The molecule has 1 aromatic carbocycles. The van der Waals surface area contributed by atoms with E-state index in [0.717, 1.165) is 11.3 Å². The summed E-state index contributed by atoms with van der Waals surface area (Å²) in [6.45, 7) is 3.80. The molecule has 0 atom stereocenters. The highest BCUT2D eigenvalue weighted by Gasteiger charge is 2.00. The van der Waals surface area contributed by atoms with Crippen molar-refractivity contribution in [1.82, 2.24) is 5.32 Å². The first-order valence-corrected chi connectivity index (χ1v) is 3.67. The zero-order chi connectivity index (χ0) is 9.14. The molecule has 0 aromatic heterocycles. The molecular formula is C9H13N3. The number of rotatable bonds is 2. The van der Waals surface area contributed by atoms with Gasteiger partial charge in [0.1, 0.15) is 0 Å². The monoisotopic (exact) mass is 163 g/mol. The van der Waals surface area contributed by atoms with E-state index in [1.54, 1.807) is 19.2 Å². The molecule has 0 fully saturated rings. The van der Waals surface area contributed by atoms with Crippen molar-refractivity contribution in [2.24, 2.45) is 0 Å². The summed E-state index contributed by atoms with van der Waals surface area (Å²) in [7, 11) is 1.80. The van der Waals surface area contributed by atoms with Gasteiger partial charge in [0, 0.05) is 29.7 Å². The number of nitrogens with one attached hydrogen (secondary N) is 1. The minimum Gasteiger partial charge on any atom is -0.399 e. The molecule has 0 aliphatic heterocycles. The predicted molar refractivity (Wildman–Crippen MR) is 53.4 cm³/mol. The van der Waals surface area contributed by atoms with Crippen molar-refractivity contribution in [3.05, 3.63) is 30.3 Å². The molecule has 0 heterocycles. The Morgan fingerprint density at radius 3 is 2.58 bits per heavy atom. The minimum absolute atomic E-state index is 0.648. The van der Waals surface area contributed by atoms with Crippen LogP contribution in [0.4, 0.5) is 11.4 Å². The Balaban J connectivity index is 3.09. The van der Waals surface area contributed by atoms with Crippen molar-refractivity contribution in [1.29, 1.82) is 0 Å². The van der Waals surface area contributed by atoms with Crippen molar-refractivity contribution in [3.8, 4) is 0 Å². The Morgan fingerprint density at radius 2 is 2.08 bits per heavy atom. The molecule has 0 saturated heterocycles. The van der Waals surface area contributed by atoms with Gasteiger partial charge in [-0.3, -0.25) is 0 Å². The van der Waals surface area contributed by atoms with E-state index in [-0.39, 0.29) is 0 Å². The van der Waals surface area contributed by atoms with E-state index in [2.05, 4.69) is 11.9 Å². The molecule has 12 heavy (non-hydrogen) atoms. The molecule has 0 amide bonds. The number of nitrogens with two attached hydrogens (primary N) is 2. The summed E-state index contributed by atoms with van der Waals surface area (Å²) in [5, 5.41) is 2.93. The lowest BCUT2D eigenvalue weighted by atomic mass is 10.1. The number of nitrogen functional groups attached to an aromatic ring is 2.